The highest BCUT2D eigenvalue weighted by Crippen LogP contribution is 2.33. The van der Waals surface area contributed by atoms with Gasteiger partial charge in [0.2, 0.25) is 0 Å². The molecule has 0 fully saturated rings. The molecule has 4 aromatic rings. The number of rotatable bonds is 5. The van der Waals surface area contributed by atoms with Crippen molar-refractivity contribution >= 4 is 56.1 Å². The molecule has 2 amide bonds. The van der Waals surface area contributed by atoms with Gasteiger partial charge in [-0.2, -0.15) is 0 Å². The zero-order valence-corrected chi connectivity index (χ0v) is 19.9. The molecule has 2 heterocycles. The minimum Gasteiger partial charge on any atom is -0.497 e. The van der Waals surface area contributed by atoms with Crippen LogP contribution in [0.3, 0.4) is 0 Å². The third-order valence-electron chi connectivity index (χ3n) is 5.48. The molecule has 0 radical (unpaired) electrons. The van der Waals surface area contributed by atoms with Crippen LogP contribution in [0.5, 0.6) is 5.75 Å². The summed E-state index contributed by atoms with van der Waals surface area (Å²) in [4.78, 5) is 31.1. The fourth-order valence-corrected chi connectivity index (χ4v) is 5.68. The lowest BCUT2D eigenvalue weighted by Gasteiger charge is -2.16. The van der Waals surface area contributed by atoms with Crippen LogP contribution in [0.15, 0.2) is 65.6 Å². The van der Waals surface area contributed by atoms with Gasteiger partial charge in [-0.1, -0.05) is 41.4 Å². The number of hydrogen-bond donors (Lipinski definition) is 0. The zero-order valence-electron chi connectivity index (χ0n) is 17.5. The Morgan fingerprint density at radius 1 is 0.912 bits per heavy atom. The van der Waals surface area contributed by atoms with E-state index < -0.39 is 21.8 Å². The minimum atomic E-state index is -4.24. The number of carbonyl (C=O) groups is 2. The first-order chi connectivity index (χ1) is 16.2. The summed E-state index contributed by atoms with van der Waals surface area (Å²) >= 11 is 12.3. The van der Waals surface area contributed by atoms with Crippen LogP contribution in [0, 0.1) is 0 Å². The van der Waals surface area contributed by atoms with E-state index in [-0.39, 0.29) is 49.5 Å². The van der Waals surface area contributed by atoms with Gasteiger partial charge in [-0.05, 0) is 36.4 Å². The van der Waals surface area contributed by atoms with Gasteiger partial charge in [0.1, 0.15) is 11.6 Å². The molecule has 0 saturated carbocycles. The van der Waals surface area contributed by atoms with Crippen LogP contribution in [0.4, 0.5) is 0 Å². The first-order valence-electron chi connectivity index (χ1n) is 9.93. The molecule has 1 aliphatic heterocycles. The maximum atomic E-state index is 13.8. The number of aromatic nitrogens is 2. The summed E-state index contributed by atoms with van der Waals surface area (Å²) in [6.45, 7) is -0.376. The Morgan fingerprint density at radius 2 is 1.56 bits per heavy atom. The zero-order chi connectivity index (χ0) is 24.2. The molecule has 0 N–H and O–H groups in total. The summed E-state index contributed by atoms with van der Waals surface area (Å²) in [5, 5.41) is 0.313. The highest BCUT2D eigenvalue weighted by Gasteiger charge is 2.37. The number of halogens is 2. The van der Waals surface area contributed by atoms with Crippen molar-refractivity contribution in [2.24, 2.45) is 0 Å². The molecule has 8 nitrogen and oxygen atoms in total. The van der Waals surface area contributed by atoms with E-state index in [2.05, 4.69) is 4.98 Å². The summed E-state index contributed by atoms with van der Waals surface area (Å²) in [7, 11) is -2.81. The van der Waals surface area contributed by atoms with E-state index in [0.717, 1.165) is 8.87 Å². The molecule has 0 aliphatic carbocycles. The number of benzene rings is 3. The average Bonchev–Trinajstić information content (AvgIpc) is 3.30. The Labute approximate surface area is 204 Å². The average molecular weight is 516 g/mol. The number of imidazole rings is 1. The van der Waals surface area contributed by atoms with Crippen molar-refractivity contribution in [3.05, 3.63) is 87.7 Å². The number of nitrogens with zero attached hydrogens (tertiary/aromatic N) is 3. The predicted molar refractivity (Wildman–Crippen MR) is 126 cm³/mol. The predicted octanol–water partition coefficient (Wildman–Crippen LogP) is 4.38. The van der Waals surface area contributed by atoms with Crippen molar-refractivity contribution in [3.63, 3.8) is 0 Å². The van der Waals surface area contributed by atoms with Gasteiger partial charge in [0.15, 0.2) is 0 Å². The van der Waals surface area contributed by atoms with Crippen molar-refractivity contribution in [2.75, 3.05) is 7.11 Å². The second-order valence-corrected chi connectivity index (χ2v) is 10.1. The van der Waals surface area contributed by atoms with Crippen LogP contribution < -0.4 is 4.74 Å². The lowest BCUT2D eigenvalue weighted by molar-refractivity contribution is 0.0638. The van der Waals surface area contributed by atoms with Crippen LogP contribution in [-0.4, -0.2) is 41.2 Å². The highest BCUT2D eigenvalue weighted by atomic mass is 35.5. The van der Waals surface area contributed by atoms with Crippen molar-refractivity contribution in [1.29, 1.82) is 0 Å². The molecule has 0 saturated heterocycles. The Balaban J connectivity index is 1.70. The van der Waals surface area contributed by atoms with Gasteiger partial charge in [-0.15, -0.1) is 0 Å². The van der Waals surface area contributed by atoms with Gasteiger partial charge in [0, 0.05) is 6.07 Å². The first kappa shape index (κ1) is 22.4. The summed E-state index contributed by atoms with van der Waals surface area (Å²) < 4.78 is 33.6. The van der Waals surface area contributed by atoms with E-state index in [1.54, 1.807) is 36.4 Å². The number of imide groups is 1. The van der Waals surface area contributed by atoms with Gasteiger partial charge < -0.3 is 4.74 Å². The summed E-state index contributed by atoms with van der Waals surface area (Å²) in [6, 6.07) is 15.1. The van der Waals surface area contributed by atoms with E-state index in [1.807, 2.05) is 0 Å². The third-order valence-corrected chi connectivity index (χ3v) is 7.94. The largest absolute Gasteiger partial charge is 0.497 e. The second kappa shape index (κ2) is 8.12. The lowest BCUT2D eigenvalue weighted by atomic mass is 10.1. The van der Waals surface area contributed by atoms with Crippen molar-refractivity contribution < 1.29 is 22.7 Å². The van der Waals surface area contributed by atoms with E-state index in [4.69, 9.17) is 27.9 Å². The van der Waals surface area contributed by atoms with Crippen LogP contribution >= 0.6 is 23.2 Å². The molecule has 11 heteroatoms. The SMILES string of the molecule is COc1cccc(S(=O)(=O)n2c(CN3C(=O)c4ccccc4C3=O)nc3cc(Cl)c(Cl)cc32)c1. The van der Waals surface area contributed by atoms with Gasteiger partial charge in [0.25, 0.3) is 21.8 Å². The summed E-state index contributed by atoms with van der Waals surface area (Å²) in [6.07, 6.45) is 0. The summed E-state index contributed by atoms with van der Waals surface area (Å²) in [5.74, 6) is -0.776. The normalized spacial score (nSPS) is 13.6. The van der Waals surface area contributed by atoms with Gasteiger partial charge >= 0.3 is 0 Å². The van der Waals surface area contributed by atoms with Crippen LogP contribution in [0.2, 0.25) is 10.0 Å². The molecule has 1 aliphatic rings. The Bertz CT molecular complexity index is 1580. The quantitative estimate of drug-likeness (QED) is 0.365. The molecular weight excluding hydrogens is 501 g/mol. The number of ether oxygens (including phenoxy) is 1. The molecule has 172 valence electrons. The van der Waals surface area contributed by atoms with E-state index in [9.17, 15) is 18.0 Å². The number of carbonyl (C=O) groups excluding carboxylic acids is 2. The van der Waals surface area contributed by atoms with E-state index in [0.29, 0.717) is 5.75 Å². The number of amides is 2. The highest BCUT2D eigenvalue weighted by molar-refractivity contribution is 7.90. The number of methoxy groups -OCH3 is 1. The molecule has 0 bridgehead atoms. The topological polar surface area (TPSA) is 98.6 Å². The fraction of sp³-hybridized carbons (Fsp3) is 0.0870. The first-order valence-corrected chi connectivity index (χ1v) is 12.1. The van der Waals surface area contributed by atoms with Crippen LogP contribution in [0.1, 0.15) is 26.5 Å². The Hall–Kier alpha value is -3.40. The maximum absolute atomic E-state index is 13.8. The van der Waals surface area contributed by atoms with Crippen molar-refractivity contribution in [2.45, 2.75) is 11.4 Å². The summed E-state index contributed by atoms with van der Waals surface area (Å²) in [5.41, 5.74) is 0.894. The van der Waals surface area contributed by atoms with E-state index in [1.165, 1.54) is 31.4 Å². The van der Waals surface area contributed by atoms with Gasteiger partial charge in [0.05, 0.1) is 50.8 Å². The smallest absolute Gasteiger partial charge is 0.269 e. The van der Waals surface area contributed by atoms with Gasteiger partial charge in [-0.3, -0.25) is 14.5 Å². The molecule has 0 unspecified atom stereocenters. The standard InChI is InChI=1S/C23H15Cl2N3O5S/c1-33-13-5-4-6-14(9-13)34(31,32)28-20-11-18(25)17(24)10-19(20)26-21(28)12-27-22(29)15-7-2-3-8-16(15)23(27)30/h2-11H,12H2,1H3. The van der Waals surface area contributed by atoms with E-state index >= 15 is 0 Å². The molecule has 0 spiro atoms. The maximum Gasteiger partial charge on any atom is 0.269 e. The third kappa shape index (κ3) is 3.44. The monoisotopic (exact) mass is 515 g/mol. The van der Waals surface area contributed by atoms with Crippen molar-refractivity contribution in [1.82, 2.24) is 13.9 Å². The molecule has 0 atom stereocenters. The van der Waals surface area contributed by atoms with Crippen LogP contribution in [-0.2, 0) is 16.6 Å². The lowest BCUT2D eigenvalue weighted by Crippen LogP contribution is -2.31. The fourth-order valence-electron chi connectivity index (χ4n) is 3.86. The second-order valence-electron chi connectivity index (χ2n) is 7.47. The van der Waals surface area contributed by atoms with Crippen LogP contribution in [0.25, 0.3) is 11.0 Å². The molecule has 3 aromatic carbocycles. The Kier molecular flexibility index (Phi) is 5.35. The number of fused-ring (bicyclic) bond motifs is 2. The van der Waals surface area contributed by atoms with Crippen molar-refractivity contribution in [3.8, 4) is 5.75 Å². The molecule has 5 rings (SSSR count). The molecule has 34 heavy (non-hydrogen) atoms. The minimum absolute atomic E-state index is 0.0503. The molecular formula is C23H15Cl2N3O5S. The Morgan fingerprint density at radius 3 is 2.21 bits per heavy atom. The number of hydrogen-bond acceptors (Lipinski definition) is 6. The molecule has 1 aromatic heterocycles. The van der Waals surface area contributed by atoms with Gasteiger partial charge in [-0.25, -0.2) is 17.4 Å².